The van der Waals surface area contributed by atoms with Crippen LogP contribution in [0.2, 0.25) is 0 Å². The largest absolute Gasteiger partial charge is 0.508 e. The lowest BCUT2D eigenvalue weighted by Gasteiger charge is -2.18. The third-order valence-electron chi connectivity index (χ3n) is 5.65. The molecule has 5 heteroatoms. The molecule has 2 aromatic heterocycles. The first kappa shape index (κ1) is 19.7. The number of fused-ring (bicyclic) bond motifs is 1. The minimum atomic E-state index is -0.0471. The molecule has 4 rings (SSSR count). The minimum Gasteiger partial charge on any atom is -0.508 e. The van der Waals surface area contributed by atoms with E-state index in [2.05, 4.69) is 32.0 Å². The van der Waals surface area contributed by atoms with Gasteiger partial charge in [-0.25, -0.2) is 4.98 Å². The van der Waals surface area contributed by atoms with Gasteiger partial charge in [-0.05, 0) is 73.9 Å². The zero-order valence-corrected chi connectivity index (χ0v) is 17.7. The predicted molar refractivity (Wildman–Crippen MR) is 120 cm³/mol. The van der Waals surface area contributed by atoms with Crippen LogP contribution in [0.15, 0.2) is 60.8 Å². The number of phenols is 1. The molecule has 5 nitrogen and oxygen atoms in total. The van der Waals surface area contributed by atoms with Crippen LogP contribution >= 0.6 is 0 Å². The molecule has 152 valence electrons. The molecule has 1 amide bonds. The maximum absolute atomic E-state index is 13.2. The number of hydrogen-bond acceptors (Lipinski definition) is 3. The van der Waals surface area contributed by atoms with Crippen LogP contribution in [0.1, 0.15) is 22.4 Å². The van der Waals surface area contributed by atoms with E-state index in [1.807, 2.05) is 29.7 Å². The molecular weight excluding hydrogens is 374 g/mol. The normalized spacial score (nSPS) is 11.1. The summed E-state index contributed by atoms with van der Waals surface area (Å²) >= 11 is 0. The van der Waals surface area contributed by atoms with Crippen molar-refractivity contribution < 1.29 is 9.90 Å². The number of anilines is 1. The summed E-state index contributed by atoms with van der Waals surface area (Å²) in [5.41, 5.74) is 7.79. The molecule has 0 unspecified atom stereocenters. The van der Waals surface area contributed by atoms with Gasteiger partial charge in [-0.1, -0.05) is 18.2 Å². The van der Waals surface area contributed by atoms with Gasteiger partial charge in [0.1, 0.15) is 11.4 Å². The first-order valence-electron chi connectivity index (χ1n) is 9.95. The quantitative estimate of drug-likeness (QED) is 0.534. The summed E-state index contributed by atoms with van der Waals surface area (Å²) in [7, 11) is 1.75. The number of rotatable bonds is 4. The number of aryl methyl sites for hydroxylation is 3. The Morgan fingerprint density at radius 3 is 2.43 bits per heavy atom. The Morgan fingerprint density at radius 1 is 1.00 bits per heavy atom. The van der Waals surface area contributed by atoms with E-state index in [9.17, 15) is 9.90 Å². The molecule has 0 saturated carbocycles. The van der Waals surface area contributed by atoms with Crippen molar-refractivity contribution >= 4 is 17.2 Å². The van der Waals surface area contributed by atoms with Crippen molar-refractivity contribution in [1.82, 2.24) is 9.38 Å². The SMILES string of the molecule is Cc1ccc(-c2nc3c(C)cccn3c2CC(=O)N(C)c2ccc(O)cc2)cc1C. The number of carbonyl (C=O) groups excluding carboxylic acids is 1. The Hall–Kier alpha value is -3.60. The zero-order valence-electron chi connectivity index (χ0n) is 17.7. The number of phenolic OH excluding ortho intramolecular Hbond substituents is 1. The van der Waals surface area contributed by atoms with Crippen molar-refractivity contribution in [1.29, 1.82) is 0 Å². The van der Waals surface area contributed by atoms with E-state index in [0.717, 1.165) is 33.8 Å². The second kappa shape index (κ2) is 7.67. The Bertz CT molecular complexity index is 1240. The number of carbonyl (C=O) groups is 1. The van der Waals surface area contributed by atoms with Crippen molar-refractivity contribution in [3.8, 4) is 17.0 Å². The summed E-state index contributed by atoms with van der Waals surface area (Å²) in [6, 6.07) is 16.9. The maximum atomic E-state index is 13.2. The topological polar surface area (TPSA) is 57.8 Å². The number of imidazole rings is 1. The molecule has 2 aromatic carbocycles. The van der Waals surface area contributed by atoms with Gasteiger partial charge in [-0.2, -0.15) is 0 Å². The molecule has 0 aliphatic carbocycles. The fourth-order valence-corrected chi connectivity index (χ4v) is 3.62. The molecular formula is C25H25N3O2. The standard InChI is InChI=1S/C25H25N3O2/c1-16-7-8-19(14-18(16)3)24-22(28-13-5-6-17(2)25(28)26-24)15-23(30)27(4)20-9-11-21(29)12-10-20/h5-14,29H,15H2,1-4H3. The number of aromatic hydroxyl groups is 1. The van der Waals surface area contributed by atoms with Crippen LogP contribution in [0.5, 0.6) is 5.75 Å². The fraction of sp³-hybridized carbons (Fsp3) is 0.200. The summed E-state index contributed by atoms with van der Waals surface area (Å²) in [6.07, 6.45) is 2.17. The van der Waals surface area contributed by atoms with Crippen LogP contribution in [0.3, 0.4) is 0 Å². The number of hydrogen-bond donors (Lipinski definition) is 1. The third kappa shape index (κ3) is 3.54. The molecule has 0 atom stereocenters. The lowest BCUT2D eigenvalue weighted by molar-refractivity contribution is -0.117. The maximum Gasteiger partial charge on any atom is 0.232 e. The minimum absolute atomic E-state index is 0.0471. The molecule has 0 fully saturated rings. The first-order chi connectivity index (χ1) is 14.3. The molecule has 0 saturated heterocycles. The Balaban J connectivity index is 1.78. The van der Waals surface area contributed by atoms with Crippen LogP contribution in [0.4, 0.5) is 5.69 Å². The highest BCUT2D eigenvalue weighted by atomic mass is 16.3. The summed E-state index contributed by atoms with van der Waals surface area (Å²) < 4.78 is 2.02. The van der Waals surface area contributed by atoms with Crippen LogP contribution in [0.25, 0.3) is 16.9 Å². The van der Waals surface area contributed by atoms with E-state index in [0.29, 0.717) is 0 Å². The number of aromatic nitrogens is 2. The third-order valence-corrected chi connectivity index (χ3v) is 5.65. The lowest BCUT2D eigenvalue weighted by Crippen LogP contribution is -2.28. The van der Waals surface area contributed by atoms with Gasteiger partial charge in [0.2, 0.25) is 5.91 Å². The molecule has 0 radical (unpaired) electrons. The van der Waals surface area contributed by atoms with Crippen molar-refractivity contribution in [2.75, 3.05) is 11.9 Å². The van der Waals surface area contributed by atoms with Gasteiger partial charge in [0, 0.05) is 24.5 Å². The molecule has 0 aliphatic rings. The first-order valence-corrected chi connectivity index (χ1v) is 9.95. The van der Waals surface area contributed by atoms with E-state index in [1.54, 1.807) is 36.2 Å². The molecule has 1 N–H and O–H groups in total. The van der Waals surface area contributed by atoms with E-state index in [1.165, 1.54) is 11.1 Å². The summed E-state index contributed by atoms with van der Waals surface area (Å²) in [6.45, 7) is 6.20. The van der Waals surface area contributed by atoms with Gasteiger partial charge in [0.15, 0.2) is 0 Å². The van der Waals surface area contributed by atoms with Crippen LogP contribution in [-0.4, -0.2) is 27.4 Å². The zero-order chi connectivity index (χ0) is 21.4. The number of benzene rings is 2. The second-order valence-corrected chi connectivity index (χ2v) is 7.74. The van der Waals surface area contributed by atoms with Gasteiger partial charge < -0.3 is 14.4 Å². The number of pyridine rings is 1. The lowest BCUT2D eigenvalue weighted by atomic mass is 10.0. The Labute approximate surface area is 176 Å². The van der Waals surface area contributed by atoms with Gasteiger partial charge in [-0.15, -0.1) is 0 Å². The van der Waals surface area contributed by atoms with Crippen LogP contribution < -0.4 is 4.90 Å². The summed E-state index contributed by atoms with van der Waals surface area (Å²) in [5.74, 6) is 0.128. The monoisotopic (exact) mass is 399 g/mol. The smallest absolute Gasteiger partial charge is 0.232 e. The van der Waals surface area contributed by atoms with E-state index in [4.69, 9.17) is 4.98 Å². The van der Waals surface area contributed by atoms with E-state index in [-0.39, 0.29) is 18.1 Å². The second-order valence-electron chi connectivity index (χ2n) is 7.74. The Kier molecular flexibility index (Phi) is 5.04. The van der Waals surface area contributed by atoms with Crippen molar-refractivity contribution in [3.05, 3.63) is 83.2 Å². The van der Waals surface area contributed by atoms with Crippen molar-refractivity contribution in [2.24, 2.45) is 0 Å². The highest BCUT2D eigenvalue weighted by Gasteiger charge is 2.21. The average molecular weight is 399 g/mol. The highest BCUT2D eigenvalue weighted by Crippen LogP contribution is 2.28. The molecule has 0 spiro atoms. The van der Waals surface area contributed by atoms with Gasteiger partial charge in [0.25, 0.3) is 0 Å². The van der Waals surface area contributed by atoms with Crippen LogP contribution in [-0.2, 0) is 11.2 Å². The van der Waals surface area contributed by atoms with E-state index >= 15 is 0 Å². The number of likely N-dealkylation sites (N-methyl/N-ethyl adjacent to an activating group) is 1. The Morgan fingerprint density at radius 2 is 1.73 bits per heavy atom. The highest BCUT2D eigenvalue weighted by molar-refractivity contribution is 5.95. The summed E-state index contributed by atoms with van der Waals surface area (Å²) in [4.78, 5) is 19.7. The molecule has 30 heavy (non-hydrogen) atoms. The van der Waals surface area contributed by atoms with Crippen molar-refractivity contribution in [2.45, 2.75) is 27.2 Å². The van der Waals surface area contributed by atoms with E-state index < -0.39 is 0 Å². The van der Waals surface area contributed by atoms with Gasteiger partial charge in [-0.3, -0.25) is 4.79 Å². The predicted octanol–water partition coefficient (Wildman–Crippen LogP) is 4.84. The number of amides is 1. The van der Waals surface area contributed by atoms with Gasteiger partial charge in [0.05, 0.1) is 17.8 Å². The molecule has 0 aliphatic heterocycles. The molecule has 2 heterocycles. The molecule has 0 bridgehead atoms. The van der Waals surface area contributed by atoms with Crippen LogP contribution in [0, 0.1) is 20.8 Å². The number of nitrogens with zero attached hydrogens (tertiary/aromatic N) is 3. The molecule has 4 aromatic rings. The van der Waals surface area contributed by atoms with Gasteiger partial charge >= 0.3 is 0 Å². The summed E-state index contributed by atoms with van der Waals surface area (Å²) in [5, 5.41) is 9.52. The average Bonchev–Trinajstić information content (AvgIpc) is 3.10. The van der Waals surface area contributed by atoms with Crippen molar-refractivity contribution in [3.63, 3.8) is 0 Å². The fourth-order valence-electron chi connectivity index (χ4n) is 3.62.